The Kier molecular flexibility index (Phi) is 7.55. The first-order valence-corrected chi connectivity index (χ1v) is 14.8. The van der Waals surface area contributed by atoms with Crippen molar-refractivity contribution in [2.24, 2.45) is 0 Å². The topological polar surface area (TPSA) is 102 Å². The van der Waals surface area contributed by atoms with E-state index in [2.05, 4.69) is 15.1 Å². The molecule has 5 rings (SSSR count). The van der Waals surface area contributed by atoms with Gasteiger partial charge in [-0.3, -0.25) is 9.52 Å². The van der Waals surface area contributed by atoms with Crippen molar-refractivity contribution in [3.8, 4) is 11.4 Å². The lowest BCUT2D eigenvalue weighted by molar-refractivity contribution is 0.103. The fourth-order valence-electron chi connectivity index (χ4n) is 3.89. The lowest BCUT2D eigenvalue weighted by Crippen LogP contribution is -2.15. The summed E-state index contributed by atoms with van der Waals surface area (Å²) in [7, 11) is -4.04. The number of benzene rings is 3. The summed E-state index contributed by atoms with van der Waals surface area (Å²) in [4.78, 5) is 14.2. The summed E-state index contributed by atoms with van der Waals surface area (Å²) in [6.45, 7) is 4.24. The van der Waals surface area contributed by atoms with Gasteiger partial charge >= 0.3 is 0 Å². The molecule has 200 valence electrons. The number of carbonyl (C=O) groups excluding carboxylic acids is 1. The van der Waals surface area contributed by atoms with Crippen molar-refractivity contribution >= 4 is 72.1 Å². The Labute approximate surface area is 239 Å². The molecule has 3 aromatic carbocycles. The number of carbonyl (C=O) groups is 1. The average molecular weight is 602 g/mol. The molecule has 0 aliphatic carbocycles. The monoisotopic (exact) mass is 600 g/mol. The van der Waals surface area contributed by atoms with Gasteiger partial charge in [0.1, 0.15) is 15.5 Å². The van der Waals surface area contributed by atoms with Gasteiger partial charge in [-0.1, -0.05) is 23.2 Å². The number of aryl methyl sites for hydroxylation is 1. The number of aromatic nitrogens is 2. The molecule has 1 amide bonds. The van der Waals surface area contributed by atoms with Crippen molar-refractivity contribution in [2.75, 3.05) is 16.6 Å². The minimum absolute atomic E-state index is 0.0204. The van der Waals surface area contributed by atoms with Crippen LogP contribution in [0.5, 0.6) is 5.75 Å². The lowest BCUT2D eigenvalue weighted by atomic mass is 10.3. The minimum atomic E-state index is -4.04. The second-order valence-corrected chi connectivity index (χ2v) is 12.0. The van der Waals surface area contributed by atoms with E-state index in [0.717, 1.165) is 21.6 Å². The van der Waals surface area contributed by atoms with Crippen LogP contribution >= 0.6 is 34.5 Å². The number of ether oxygens (including phenoxy) is 1. The molecule has 0 saturated carbocycles. The maximum Gasteiger partial charge on any atom is 0.265 e. The van der Waals surface area contributed by atoms with Crippen molar-refractivity contribution in [1.29, 1.82) is 0 Å². The third-order valence-electron chi connectivity index (χ3n) is 5.74. The van der Waals surface area contributed by atoms with Crippen LogP contribution < -0.4 is 14.8 Å². The van der Waals surface area contributed by atoms with Gasteiger partial charge in [0.25, 0.3) is 15.9 Å². The third kappa shape index (κ3) is 5.74. The summed E-state index contributed by atoms with van der Waals surface area (Å²) >= 11 is 13.5. The number of nitrogens with zero attached hydrogens (tertiary/aromatic N) is 2. The number of anilines is 2. The average Bonchev–Trinajstić information content (AvgIpc) is 3.47. The molecule has 5 aromatic rings. The fourth-order valence-corrected chi connectivity index (χ4v) is 6.68. The highest BCUT2D eigenvalue weighted by Gasteiger charge is 2.21. The van der Waals surface area contributed by atoms with E-state index >= 15 is 0 Å². The zero-order chi connectivity index (χ0) is 27.7. The van der Waals surface area contributed by atoms with Crippen molar-refractivity contribution < 1.29 is 17.9 Å². The molecule has 0 atom stereocenters. The molecular formula is C27H22Cl2N4O4S2. The smallest absolute Gasteiger partial charge is 0.265 e. The van der Waals surface area contributed by atoms with Crippen molar-refractivity contribution in [3.63, 3.8) is 0 Å². The number of nitrogens with one attached hydrogen (secondary N) is 2. The second-order valence-electron chi connectivity index (χ2n) is 8.47. The Balaban J connectivity index is 1.38. The molecule has 0 unspecified atom stereocenters. The molecular weight excluding hydrogens is 579 g/mol. The SMILES string of the molecule is CCOc1ccc(NS(=O)(=O)c2cc(NC(=O)c3cc4c(C)nn(-c5ccc(Cl)cc5)c4s3)ccc2Cl)cc1. The van der Waals surface area contributed by atoms with Crippen LogP contribution in [-0.2, 0) is 10.0 Å². The van der Waals surface area contributed by atoms with Crippen molar-refractivity contribution in [3.05, 3.63) is 93.4 Å². The zero-order valence-electron chi connectivity index (χ0n) is 20.7. The van der Waals surface area contributed by atoms with Crippen LogP contribution in [0.25, 0.3) is 15.9 Å². The fraction of sp³-hybridized carbons (Fsp3) is 0.111. The van der Waals surface area contributed by atoms with Gasteiger partial charge in [0.2, 0.25) is 0 Å². The zero-order valence-corrected chi connectivity index (χ0v) is 23.9. The summed E-state index contributed by atoms with van der Waals surface area (Å²) in [6.07, 6.45) is 0. The van der Waals surface area contributed by atoms with Crippen LogP contribution in [0.3, 0.4) is 0 Å². The summed E-state index contributed by atoms with van der Waals surface area (Å²) in [6, 6.07) is 19.8. The number of amides is 1. The molecule has 2 aromatic heterocycles. The summed E-state index contributed by atoms with van der Waals surface area (Å²) in [5.41, 5.74) is 2.22. The number of halogens is 2. The largest absolute Gasteiger partial charge is 0.494 e. The van der Waals surface area contributed by atoms with E-state index < -0.39 is 10.0 Å². The van der Waals surface area contributed by atoms with E-state index in [4.69, 9.17) is 27.9 Å². The maximum atomic E-state index is 13.1. The number of thiophene rings is 1. The maximum absolute atomic E-state index is 13.1. The number of hydrogen-bond acceptors (Lipinski definition) is 6. The molecule has 2 heterocycles. The number of hydrogen-bond donors (Lipinski definition) is 2. The third-order valence-corrected chi connectivity index (χ3v) is 8.96. The first-order chi connectivity index (χ1) is 18.6. The van der Waals surface area contributed by atoms with Crippen LogP contribution in [-0.4, -0.2) is 30.7 Å². The van der Waals surface area contributed by atoms with Gasteiger partial charge in [-0.05, 0) is 86.6 Å². The summed E-state index contributed by atoms with van der Waals surface area (Å²) < 4.78 is 35.9. The first kappa shape index (κ1) is 27.0. The highest BCUT2D eigenvalue weighted by atomic mass is 35.5. The van der Waals surface area contributed by atoms with Crippen LogP contribution in [0.2, 0.25) is 10.0 Å². The van der Waals surface area contributed by atoms with E-state index in [1.54, 1.807) is 53.2 Å². The predicted octanol–water partition coefficient (Wildman–Crippen LogP) is 7.15. The van der Waals surface area contributed by atoms with E-state index in [-0.39, 0.29) is 21.5 Å². The minimum Gasteiger partial charge on any atom is -0.494 e. The summed E-state index contributed by atoms with van der Waals surface area (Å²) in [5.74, 6) is 0.240. The van der Waals surface area contributed by atoms with Gasteiger partial charge in [0.05, 0.1) is 27.9 Å². The quantitative estimate of drug-likeness (QED) is 0.197. The highest BCUT2D eigenvalue weighted by molar-refractivity contribution is 7.92. The van der Waals surface area contributed by atoms with E-state index in [0.29, 0.717) is 27.9 Å². The van der Waals surface area contributed by atoms with Crippen LogP contribution in [0.1, 0.15) is 22.3 Å². The Morgan fingerprint density at radius 3 is 2.38 bits per heavy atom. The second kappa shape index (κ2) is 10.9. The Bertz CT molecular complexity index is 1780. The van der Waals surface area contributed by atoms with E-state index in [9.17, 15) is 13.2 Å². The molecule has 0 aliphatic rings. The van der Waals surface area contributed by atoms with E-state index in [1.807, 2.05) is 26.0 Å². The lowest BCUT2D eigenvalue weighted by Gasteiger charge is -2.12. The number of rotatable bonds is 8. The highest BCUT2D eigenvalue weighted by Crippen LogP contribution is 2.32. The van der Waals surface area contributed by atoms with Gasteiger partial charge in [-0.15, -0.1) is 11.3 Å². The van der Waals surface area contributed by atoms with Crippen molar-refractivity contribution in [1.82, 2.24) is 9.78 Å². The molecule has 2 N–H and O–H groups in total. The van der Waals surface area contributed by atoms with Gasteiger partial charge in [-0.25, -0.2) is 13.1 Å². The Morgan fingerprint density at radius 1 is 1.00 bits per heavy atom. The van der Waals surface area contributed by atoms with Gasteiger partial charge in [0, 0.05) is 21.8 Å². The molecule has 8 nitrogen and oxygen atoms in total. The predicted molar refractivity (Wildman–Crippen MR) is 157 cm³/mol. The standard InChI is InChI=1S/C27H22Cl2N4O4S2/c1-3-37-21-11-6-18(7-12-21)32-39(35,36)25-14-19(8-13-23(25)29)30-26(34)24-15-22-16(2)31-33(27(22)38-24)20-9-4-17(28)5-10-20/h4-15,32H,3H2,1-2H3,(H,30,34). The van der Waals surface area contributed by atoms with Gasteiger partial charge < -0.3 is 10.1 Å². The molecule has 0 aliphatic heterocycles. The van der Waals surface area contributed by atoms with Crippen LogP contribution in [0.15, 0.2) is 77.7 Å². The van der Waals surface area contributed by atoms with Crippen LogP contribution in [0, 0.1) is 6.92 Å². The van der Waals surface area contributed by atoms with Crippen LogP contribution in [0.4, 0.5) is 11.4 Å². The Hall–Kier alpha value is -3.57. The van der Waals surface area contributed by atoms with Gasteiger partial charge in [0.15, 0.2) is 0 Å². The Morgan fingerprint density at radius 2 is 1.69 bits per heavy atom. The first-order valence-electron chi connectivity index (χ1n) is 11.8. The molecule has 12 heteroatoms. The van der Waals surface area contributed by atoms with Gasteiger partial charge in [-0.2, -0.15) is 5.10 Å². The molecule has 0 bridgehead atoms. The molecule has 39 heavy (non-hydrogen) atoms. The number of sulfonamides is 1. The molecule has 0 spiro atoms. The molecule has 0 saturated heterocycles. The van der Waals surface area contributed by atoms with E-state index in [1.165, 1.54) is 23.5 Å². The number of fused-ring (bicyclic) bond motifs is 1. The normalized spacial score (nSPS) is 11.5. The van der Waals surface area contributed by atoms with Crippen molar-refractivity contribution in [2.45, 2.75) is 18.7 Å². The molecule has 0 fully saturated rings. The summed E-state index contributed by atoms with van der Waals surface area (Å²) in [5, 5.41) is 8.85. The molecule has 0 radical (unpaired) electrons.